The number of rotatable bonds is 6. The molecule has 4 rings (SSSR count). The van der Waals surface area contributed by atoms with Gasteiger partial charge in [0.2, 0.25) is 0 Å². The van der Waals surface area contributed by atoms with Crippen LogP contribution in [-0.4, -0.2) is 62.4 Å². The minimum absolute atomic E-state index is 1.09. The maximum Gasteiger partial charge on any atom is 0.0564 e. The van der Waals surface area contributed by atoms with Crippen molar-refractivity contribution in [3.63, 3.8) is 0 Å². The van der Waals surface area contributed by atoms with Crippen LogP contribution in [0.15, 0.2) is 57.2 Å². The average molecular weight is 400 g/mol. The third kappa shape index (κ3) is 4.48. The van der Waals surface area contributed by atoms with E-state index in [9.17, 15) is 0 Å². The summed E-state index contributed by atoms with van der Waals surface area (Å²) in [7, 11) is 2.23. The molecule has 0 radical (unpaired) electrons. The van der Waals surface area contributed by atoms with Gasteiger partial charge >= 0.3 is 0 Å². The van der Waals surface area contributed by atoms with Crippen molar-refractivity contribution in [1.82, 2.24) is 9.80 Å². The lowest BCUT2D eigenvalue weighted by Gasteiger charge is -2.34. The molecule has 3 nitrogen and oxygen atoms in total. The Labute approximate surface area is 172 Å². The van der Waals surface area contributed by atoms with Gasteiger partial charge in [-0.1, -0.05) is 23.9 Å². The number of unbranched alkanes of at least 4 members (excludes halogenated alkanes) is 1. The topological polar surface area (TPSA) is 9.72 Å². The Morgan fingerprint density at radius 2 is 1.63 bits per heavy atom. The SMILES string of the molecule is CSc1ccc2c(c1)N(CCCCN1CCN(C)CC1)c1ccccc1S2. The number of anilines is 2. The standard InChI is InChI=1S/C22H29N3S2/c1-23-13-15-24(16-14-23)11-5-6-12-25-19-7-3-4-8-21(19)27-22-10-9-18(26-2)17-20(22)25/h3-4,7-10,17H,5-6,11-16H2,1-2H3. The molecule has 0 aliphatic carbocycles. The summed E-state index contributed by atoms with van der Waals surface area (Å²) in [5.41, 5.74) is 2.75. The zero-order chi connectivity index (χ0) is 18.6. The Bertz CT molecular complexity index is 772. The molecule has 5 heteroatoms. The highest BCUT2D eigenvalue weighted by atomic mass is 32.2. The van der Waals surface area contributed by atoms with Gasteiger partial charge in [-0.3, -0.25) is 0 Å². The van der Waals surface area contributed by atoms with Crippen LogP contribution in [0.4, 0.5) is 11.4 Å². The molecule has 0 spiro atoms. The van der Waals surface area contributed by atoms with Crippen molar-refractivity contribution in [3.8, 4) is 0 Å². The van der Waals surface area contributed by atoms with Crippen molar-refractivity contribution < 1.29 is 0 Å². The molecular weight excluding hydrogens is 370 g/mol. The fourth-order valence-corrected chi connectivity index (χ4v) is 5.36. The van der Waals surface area contributed by atoms with E-state index in [1.165, 1.54) is 71.6 Å². The molecule has 27 heavy (non-hydrogen) atoms. The molecular formula is C22H29N3S2. The molecule has 144 valence electrons. The van der Waals surface area contributed by atoms with Gasteiger partial charge in [-0.2, -0.15) is 0 Å². The Kier molecular flexibility index (Phi) is 6.33. The molecule has 1 fully saturated rings. The maximum atomic E-state index is 2.62. The number of para-hydroxylation sites is 1. The molecule has 2 aromatic carbocycles. The van der Waals surface area contributed by atoms with E-state index in [0.717, 1.165) is 6.54 Å². The number of thioether (sulfide) groups is 1. The number of piperazine rings is 1. The molecule has 2 aliphatic heterocycles. The molecule has 2 aromatic rings. The highest BCUT2D eigenvalue weighted by Crippen LogP contribution is 2.48. The first-order valence-corrected chi connectivity index (χ1v) is 11.9. The van der Waals surface area contributed by atoms with E-state index in [-0.39, 0.29) is 0 Å². The van der Waals surface area contributed by atoms with Gasteiger partial charge in [0.25, 0.3) is 0 Å². The molecule has 0 aromatic heterocycles. The average Bonchev–Trinajstić information content (AvgIpc) is 2.71. The van der Waals surface area contributed by atoms with Crippen molar-refractivity contribution in [2.24, 2.45) is 0 Å². The quantitative estimate of drug-likeness (QED) is 0.496. The predicted octanol–water partition coefficient (Wildman–Crippen LogP) is 5.04. The molecule has 0 atom stereocenters. The van der Waals surface area contributed by atoms with Gasteiger partial charge in [0.1, 0.15) is 0 Å². The second kappa shape index (κ2) is 8.91. The molecule has 0 amide bonds. The van der Waals surface area contributed by atoms with Gasteiger partial charge in [0.15, 0.2) is 0 Å². The minimum Gasteiger partial charge on any atom is -0.340 e. The van der Waals surface area contributed by atoms with Crippen LogP contribution in [0.2, 0.25) is 0 Å². The first-order valence-electron chi connectivity index (χ1n) is 9.88. The number of nitrogens with zero attached hydrogens (tertiary/aromatic N) is 3. The number of fused-ring (bicyclic) bond motifs is 2. The largest absolute Gasteiger partial charge is 0.340 e. The van der Waals surface area contributed by atoms with Gasteiger partial charge in [-0.15, -0.1) is 11.8 Å². The van der Waals surface area contributed by atoms with E-state index in [1.54, 1.807) is 0 Å². The van der Waals surface area contributed by atoms with E-state index >= 15 is 0 Å². The third-order valence-corrected chi connectivity index (χ3v) is 7.39. The normalized spacial score (nSPS) is 17.6. The van der Waals surface area contributed by atoms with Crippen molar-refractivity contribution in [3.05, 3.63) is 42.5 Å². The van der Waals surface area contributed by atoms with Crippen molar-refractivity contribution >= 4 is 34.9 Å². The van der Waals surface area contributed by atoms with Gasteiger partial charge in [-0.25, -0.2) is 0 Å². The summed E-state index contributed by atoms with van der Waals surface area (Å²) in [5.74, 6) is 0. The summed E-state index contributed by atoms with van der Waals surface area (Å²) >= 11 is 3.73. The Hall–Kier alpha value is -1.14. The smallest absolute Gasteiger partial charge is 0.0564 e. The molecule has 0 unspecified atom stereocenters. The van der Waals surface area contributed by atoms with Crippen LogP contribution in [0.3, 0.4) is 0 Å². The summed E-state index contributed by atoms with van der Waals surface area (Å²) in [5, 5.41) is 0. The monoisotopic (exact) mass is 399 g/mol. The van der Waals surface area contributed by atoms with Crippen molar-refractivity contribution in [1.29, 1.82) is 0 Å². The van der Waals surface area contributed by atoms with Crippen LogP contribution in [0.1, 0.15) is 12.8 Å². The zero-order valence-electron chi connectivity index (χ0n) is 16.4. The maximum absolute atomic E-state index is 2.62. The highest BCUT2D eigenvalue weighted by molar-refractivity contribution is 8.00. The van der Waals surface area contributed by atoms with Crippen LogP contribution in [-0.2, 0) is 0 Å². The van der Waals surface area contributed by atoms with Crippen LogP contribution >= 0.6 is 23.5 Å². The summed E-state index contributed by atoms with van der Waals surface area (Å²) in [6.07, 6.45) is 4.66. The van der Waals surface area contributed by atoms with Gasteiger partial charge in [0, 0.05) is 47.4 Å². The summed E-state index contributed by atoms with van der Waals surface area (Å²) in [6, 6.07) is 15.7. The second-order valence-electron chi connectivity index (χ2n) is 7.41. The summed E-state index contributed by atoms with van der Waals surface area (Å²) < 4.78 is 0. The first kappa shape index (κ1) is 19.2. The van der Waals surface area contributed by atoms with Crippen molar-refractivity contribution in [2.45, 2.75) is 27.5 Å². The summed E-state index contributed by atoms with van der Waals surface area (Å²) in [6.45, 7) is 7.19. The van der Waals surface area contributed by atoms with Crippen LogP contribution < -0.4 is 4.90 Å². The predicted molar refractivity (Wildman–Crippen MR) is 119 cm³/mol. The molecule has 0 bridgehead atoms. The number of benzene rings is 2. The van der Waals surface area contributed by atoms with E-state index in [1.807, 2.05) is 23.5 Å². The molecule has 0 saturated carbocycles. The Balaban J connectivity index is 1.43. The lowest BCUT2D eigenvalue weighted by atomic mass is 10.2. The number of hydrogen-bond donors (Lipinski definition) is 0. The minimum atomic E-state index is 1.09. The van der Waals surface area contributed by atoms with Gasteiger partial charge in [-0.05, 0) is 63.0 Å². The van der Waals surface area contributed by atoms with E-state index < -0.39 is 0 Å². The lowest BCUT2D eigenvalue weighted by Crippen LogP contribution is -2.44. The number of hydrogen-bond acceptors (Lipinski definition) is 5. The van der Waals surface area contributed by atoms with E-state index in [4.69, 9.17) is 0 Å². The third-order valence-electron chi connectivity index (χ3n) is 5.53. The Morgan fingerprint density at radius 1 is 0.889 bits per heavy atom. The zero-order valence-corrected chi connectivity index (χ0v) is 18.0. The second-order valence-corrected chi connectivity index (χ2v) is 9.37. The fourth-order valence-electron chi connectivity index (χ4n) is 3.85. The van der Waals surface area contributed by atoms with Crippen molar-refractivity contribution in [2.75, 3.05) is 57.5 Å². The lowest BCUT2D eigenvalue weighted by molar-refractivity contribution is 0.152. The van der Waals surface area contributed by atoms with Gasteiger partial charge in [0.05, 0.1) is 11.4 Å². The molecule has 0 N–H and O–H groups in total. The van der Waals surface area contributed by atoms with Crippen LogP contribution in [0.25, 0.3) is 0 Å². The van der Waals surface area contributed by atoms with E-state index in [2.05, 4.69) is 70.5 Å². The molecule has 2 aliphatic rings. The summed E-state index contributed by atoms with van der Waals surface area (Å²) in [4.78, 5) is 11.7. The fraction of sp³-hybridized carbons (Fsp3) is 0.455. The molecule has 1 saturated heterocycles. The molecule has 2 heterocycles. The number of likely N-dealkylation sites (N-methyl/N-ethyl adjacent to an activating group) is 1. The Morgan fingerprint density at radius 3 is 2.44 bits per heavy atom. The van der Waals surface area contributed by atoms with E-state index in [0.29, 0.717) is 0 Å². The van der Waals surface area contributed by atoms with Crippen LogP contribution in [0.5, 0.6) is 0 Å². The van der Waals surface area contributed by atoms with Crippen LogP contribution in [0, 0.1) is 0 Å². The first-order chi connectivity index (χ1) is 13.2. The van der Waals surface area contributed by atoms with Gasteiger partial charge < -0.3 is 14.7 Å². The highest BCUT2D eigenvalue weighted by Gasteiger charge is 2.23.